The molecule has 3 aromatic carbocycles. The van der Waals surface area contributed by atoms with Crippen molar-refractivity contribution >= 4 is 17.4 Å². The first-order valence-corrected chi connectivity index (χ1v) is 12.2. The fourth-order valence-electron chi connectivity index (χ4n) is 4.03. The summed E-state index contributed by atoms with van der Waals surface area (Å²) in [6.07, 6.45) is 1.45. The van der Waals surface area contributed by atoms with Gasteiger partial charge in [0.05, 0.1) is 18.7 Å². The molecule has 0 fully saturated rings. The molecule has 0 atom stereocenters. The second-order valence-electron chi connectivity index (χ2n) is 8.64. The van der Waals surface area contributed by atoms with Gasteiger partial charge in [0.25, 0.3) is 5.56 Å². The standard InChI is InChI=1S/C29H27ClN2O5/c1-20-16-21(2)18-22(17-20)28(34)25-19-23(30)8-9-26(25)37-15-13-32-27(33)10-11-31(29(32)35)12-14-36-24-6-4-3-5-7-24/h3-11,16-19H,12-15H2,1-2H3. The van der Waals surface area contributed by atoms with Crippen LogP contribution in [0.25, 0.3) is 0 Å². The summed E-state index contributed by atoms with van der Waals surface area (Å²) in [5.41, 5.74) is 1.90. The molecule has 0 N–H and O–H groups in total. The lowest BCUT2D eigenvalue weighted by atomic mass is 9.99. The summed E-state index contributed by atoms with van der Waals surface area (Å²) in [6, 6.07) is 21.0. The lowest BCUT2D eigenvalue weighted by Gasteiger charge is -2.14. The minimum Gasteiger partial charge on any atom is -0.492 e. The lowest BCUT2D eigenvalue weighted by molar-refractivity contribution is 0.103. The van der Waals surface area contributed by atoms with Gasteiger partial charge in [-0.05, 0) is 56.3 Å². The molecule has 0 aliphatic carbocycles. The summed E-state index contributed by atoms with van der Waals surface area (Å²) < 4.78 is 14.1. The molecule has 4 aromatic rings. The van der Waals surface area contributed by atoms with Gasteiger partial charge in [-0.1, -0.05) is 47.0 Å². The Morgan fingerprint density at radius 1 is 0.838 bits per heavy atom. The maximum Gasteiger partial charge on any atom is 0.331 e. The van der Waals surface area contributed by atoms with Crippen molar-refractivity contribution in [3.05, 3.63) is 127 Å². The highest BCUT2D eigenvalue weighted by molar-refractivity contribution is 6.31. The summed E-state index contributed by atoms with van der Waals surface area (Å²) in [6.45, 7) is 4.43. The summed E-state index contributed by atoms with van der Waals surface area (Å²) >= 11 is 6.17. The Kier molecular flexibility index (Phi) is 8.25. The van der Waals surface area contributed by atoms with E-state index >= 15 is 0 Å². The molecule has 1 heterocycles. The lowest BCUT2D eigenvalue weighted by Crippen LogP contribution is -2.40. The number of aromatic nitrogens is 2. The quantitative estimate of drug-likeness (QED) is 0.285. The Balaban J connectivity index is 1.46. The number of carbonyl (C=O) groups excluding carboxylic acids is 1. The number of hydrogen-bond acceptors (Lipinski definition) is 5. The van der Waals surface area contributed by atoms with Crippen LogP contribution in [0.3, 0.4) is 0 Å². The summed E-state index contributed by atoms with van der Waals surface area (Å²) in [5.74, 6) is 0.808. The van der Waals surface area contributed by atoms with Crippen LogP contribution in [0.15, 0.2) is 88.6 Å². The molecule has 0 unspecified atom stereocenters. The monoisotopic (exact) mass is 518 g/mol. The zero-order chi connectivity index (χ0) is 26.4. The van der Waals surface area contributed by atoms with E-state index in [0.717, 1.165) is 15.7 Å². The largest absolute Gasteiger partial charge is 0.492 e. The smallest absolute Gasteiger partial charge is 0.331 e. The molecular formula is C29H27ClN2O5. The highest BCUT2D eigenvalue weighted by Gasteiger charge is 2.17. The number of benzene rings is 3. The molecular weight excluding hydrogens is 492 g/mol. The van der Waals surface area contributed by atoms with Crippen LogP contribution in [0, 0.1) is 13.8 Å². The van der Waals surface area contributed by atoms with E-state index in [1.54, 1.807) is 18.2 Å². The molecule has 1 aromatic heterocycles. The number of para-hydroxylation sites is 1. The third-order valence-corrected chi connectivity index (χ3v) is 5.96. The SMILES string of the molecule is Cc1cc(C)cc(C(=O)c2cc(Cl)ccc2OCCn2c(=O)ccn(CCOc3ccccc3)c2=O)c1. The van der Waals surface area contributed by atoms with E-state index in [4.69, 9.17) is 21.1 Å². The first-order chi connectivity index (χ1) is 17.8. The molecule has 0 amide bonds. The number of hydrogen-bond donors (Lipinski definition) is 0. The van der Waals surface area contributed by atoms with Gasteiger partial charge in [-0.3, -0.25) is 18.7 Å². The fraction of sp³-hybridized carbons (Fsp3) is 0.207. The van der Waals surface area contributed by atoms with Crippen molar-refractivity contribution in [3.8, 4) is 11.5 Å². The number of carbonyl (C=O) groups is 1. The number of aryl methyl sites for hydroxylation is 2. The zero-order valence-corrected chi connectivity index (χ0v) is 21.4. The van der Waals surface area contributed by atoms with Crippen LogP contribution >= 0.6 is 11.6 Å². The summed E-state index contributed by atoms with van der Waals surface area (Å²) in [7, 11) is 0. The predicted octanol–water partition coefficient (Wildman–Crippen LogP) is 4.67. The Hall–Kier alpha value is -4.10. The second-order valence-corrected chi connectivity index (χ2v) is 9.07. The first kappa shape index (κ1) is 26.0. The molecule has 0 saturated carbocycles. The molecule has 7 nitrogen and oxygen atoms in total. The van der Waals surface area contributed by atoms with Gasteiger partial charge in [0.15, 0.2) is 5.78 Å². The average molecular weight is 519 g/mol. The van der Waals surface area contributed by atoms with Crippen molar-refractivity contribution in [2.24, 2.45) is 0 Å². The normalized spacial score (nSPS) is 10.8. The molecule has 0 bridgehead atoms. The van der Waals surface area contributed by atoms with Gasteiger partial charge >= 0.3 is 5.69 Å². The van der Waals surface area contributed by atoms with E-state index in [2.05, 4.69) is 0 Å². The van der Waals surface area contributed by atoms with Gasteiger partial charge in [0.2, 0.25) is 0 Å². The Labute approximate surface area is 219 Å². The molecule has 190 valence electrons. The second kappa shape index (κ2) is 11.8. The van der Waals surface area contributed by atoms with E-state index in [0.29, 0.717) is 27.6 Å². The molecule has 8 heteroatoms. The van der Waals surface area contributed by atoms with Crippen molar-refractivity contribution < 1.29 is 14.3 Å². The molecule has 37 heavy (non-hydrogen) atoms. The van der Waals surface area contributed by atoms with Crippen LogP contribution in [0.4, 0.5) is 0 Å². The van der Waals surface area contributed by atoms with E-state index in [-0.39, 0.29) is 32.1 Å². The number of nitrogens with zero attached hydrogens (tertiary/aromatic N) is 2. The third kappa shape index (κ3) is 6.57. The van der Waals surface area contributed by atoms with Gasteiger partial charge in [0.1, 0.15) is 24.7 Å². The van der Waals surface area contributed by atoms with Crippen LogP contribution in [-0.4, -0.2) is 28.1 Å². The van der Waals surface area contributed by atoms with Gasteiger partial charge in [-0.25, -0.2) is 4.79 Å². The molecule has 0 spiro atoms. The maximum absolute atomic E-state index is 13.3. The van der Waals surface area contributed by atoms with Crippen molar-refractivity contribution in [3.63, 3.8) is 0 Å². The predicted molar refractivity (Wildman–Crippen MR) is 143 cm³/mol. The Morgan fingerprint density at radius 2 is 1.54 bits per heavy atom. The van der Waals surface area contributed by atoms with Crippen LogP contribution < -0.4 is 20.7 Å². The van der Waals surface area contributed by atoms with Gasteiger partial charge in [-0.15, -0.1) is 0 Å². The minimum atomic E-state index is -0.463. The van der Waals surface area contributed by atoms with Crippen LogP contribution in [-0.2, 0) is 13.1 Å². The van der Waals surface area contributed by atoms with Crippen molar-refractivity contribution in [2.45, 2.75) is 26.9 Å². The van der Waals surface area contributed by atoms with Gasteiger partial charge in [-0.2, -0.15) is 0 Å². The molecule has 0 radical (unpaired) electrons. The molecule has 0 aliphatic heterocycles. The average Bonchev–Trinajstić information content (AvgIpc) is 2.87. The zero-order valence-electron chi connectivity index (χ0n) is 20.6. The molecule has 4 rings (SSSR count). The Morgan fingerprint density at radius 3 is 2.27 bits per heavy atom. The van der Waals surface area contributed by atoms with E-state index in [1.807, 2.05) is 62.4 Å². The van der Waals surface area contributed by atoms with Crippen LogP contribution in [0.2, 0.25) is 5.02 Å². The van der Waals surface area contributed by atoms with Crippen molar-refractivity contribution in [2.75, 3.05) is 13.2 Å². The van der Waals surface area contributed by atoms with Gasteiger partial charge in [0, 0.05) is 22.8 Å². The fourth-order valence-corrected chi connectivity index (χ4v) is 4.20. The molecule has 0 saturated heterocycles. The number of rotatable bonds is 10. The summed E-state index contributed by atoms with van der Waals surface area (Å²) in [5, 5.41) is 0.403. The Bertz CT molecular complexity index is 1510. The maximum atomic E-state index is 13.3. The highest BCUT2D eigenvalue weighted by Crippen LogP contribution is 2.26. The summed E-state index contributed by atoms with van der Waals surface area (Å²) in [4.78, 5) is 38.5. The number of ketones is 1. The minimum absolute atomic E-state index is 0.00837. The van der Waals surface area contributed by atoms with E-state index in [1.165, 1.54) is 16.8 Å². The highest BCUT2D eigenvalue weighted by atomic mass is 35.5. The van der Waals surface area contributed by atoms with Crippen LogP contribution in [0.1, 0.15) is 27.0 Å². The van der Waals surface area contributed by atoms with Crippen molar-refractivity contribution in [1.29, 1.82) is 0 Å². The van der Waals surface area contributed by atoms with Crippen LogP contribution in [0.5, 0.6) is 11.5 Å². The topological polar surface area (TPSA) is 79.5 Å². The first-order valence-electron chi connectivity index (χ1n) is 11.9. The van der Waals surface area contributed by atoms with E-state index < -0.39 is 11.2 Å². The van der Waals surface area contributed by atoms with Crippen molar-refractivity contribution in [1.82, 2.24) is 9.13 Å². The third-order valence-electron chi connectivity index (χ3n) is 5.73. The molecule has 0 aliphatic rings. The number of ether oxygens (including phenoxy) is 2. The number of halogens is 1. The van der Waals surface area contributed by atoms with E-state index in [9.17, 15) is 14.4 Å². The van der Waals surface area contributed by atoms with Gasteiger partial charge < -0.3 is 9.47 Å².